The first-order valence-electron chi connectivity index (χ1n) is 7.40. The number of benzene rings is 1. The van der Waals surface area contributed by atoms with Crippen molar-refractivity contribution in [2.24, 2.45) is 0 Å². The summed E-state index contributed by atoms with van der Waals surface area (Å²) in [6.45, 7) is 5.96. The Morgan fingerprint density at radius 3 is 2.48 bits per heavy atom. The monoisotopic (exact) mass is 284 g/mol. The summed E-state index contributed by atoms with van der Waals surface area (Å²) in [6.07, 6.45) is 1.69. The molecule has 1 saturated heterocycles. The van der Waals surface area contributed by atoms with E-state index >= 15 is 0 Å². The first kappa shape index (κ1) is 13.7. The SMILES string of the molecule is CCn1nccc1C(=O)N1CCN(c2ccccc2)CC1. The fourth-order valence-corrected chi connectivity index (χ4v) is 2.73. The molecule has 1 aliphatic rings. The Bertz CT molecular complexity index is 600. The van der Waals surface area contributed by atoms with Crippen molar-refractivity contribution >= 4 is 11.6 Å². The lowest BCUT2D eigenvalue weighted by molar-refractivity contribution is 0.0734. The van der Waals surface area contributed by atoms with Crippen LogP contribution in [0.25, 0.3) is 0 Å². The third-order valence-corrected chi connectivity index (χ3v) is 3.92. The number of amides is 1. The van der Waals surface area contributed by atoms with Gasteiger partial charge >= 0.3 is 0 Å². The van der Waals surface area contributed by atoms with Crippen LogP contribution in [-0.2, 0) is 6.54 Å². The van der Waals surface area contributed by atoms with Gasteiger partial charge in [0.15, 0.2) is 0 Å². The summed E-state index contributed by atoms with van der Waals surface area (Å²) in [5, 5.41) is 4.17. The lowest BCUT2D eigenvalue weighted by Gasteiger charge is -2.36. The zero-order valence-corrected chi connectivity index (χ0v) is 12.3. The molecule has 0 radical (unpaired) electrons. The van der Waals surface area contributed by atoms with Crippen molar-refractivity contribution in [2.75, 3.05) is 31.1 Å². The fraction of sp³-hybridized carbons (Fsp3) is 0.375. The van der Waals surface area contributed by atoms with Crippen LogP contribution in [0.4, 0.5) is 5.69 Å². The predicted octanol–water partition coefficient (Wildman–Crippen LogP) is 1.87. The van der Waals surface area contributed by atoms with Crippen molar-refractivity contribution in [3.63, 3.8) is 0 Å². The molecule has 0 saturated carbocycles. The summed E-state index contributed by atoms with van der Waals surface area (Å²) in [7, 11) is 0. The van der Waals surface area contributed by atoms with Gasteiger partial charge < -0.3 is 9.80 Å². The average Bonchev–Trinajstić information content (AvgIpc) is 3.04. The minimum atomic E-state index is 0.0852. The zero-order chi connectivity index (χ0) is 14.7. The van der Waals surface area contributed by atoms with E-state index in [1.54, 1.807) is 16.9 Å². The normalized spacial score (nSPS) is 15.3. The van der Waals surface area contributed by atoms with E-state index in [9.17, 15) is 4.79 Å². The molecule has 1 fully saturated rings. The number of aryl methyl sites for hydroxylation is 1. The summed E-state index contributed by atoms with van der Waals surface area (Å²) < 4.78 is 1.76. The van der Waals surface area contributed by atoms with E-state index in [1.807, 2.05) is 30.0 Å². The highest BCUT2D eigenvalue weighted by Crippen LogP contribution is 2.16. The maximum absolute atomic E-state index is 12.5. The molecule has 1 aliphatic heterocycles. The van der Waals surface area contributed by atoms with Crippen molar-refractivity contribution in [3.05, 3.63) is 48.3 Å². The summed E-state index contributed by atoms with van der Waals surface area (Å²) >= 11 is 0. The van der Waals surface area contributed by atoms with Gasteiger partial charge in [0.05, 0.1) is 0 Å². The van der Waals surface area contributed by atoms with Gasteiger partial charge in [0.1, 0.15) is 5.69 Å². The second-order valence-corrected chi connectivity index (χ2v) is 5.15. The predicted molar refractivity (Wildman–Crippen MR) is 82.5 cm³/mol. The number of aromatic nitrogens is 2. The Kier molecular flexibility index (Phi) is 3.90. The van der Waals surface area contributed by atoms with E-state index in [1.165, 1.54) is 5.69 Å². The molecule has 1 aromatic carbocycles. The Balaban J connectivity index is 1.65. The van der Waals surface area contributed by atoms with Crippen LogP contribution < -0.4 is 4.90 Å². The van der Waals surface area contributed by atoms with E-state index in [0.29, 0.717) is 5.69 Å². The number of hydrogen-bond donors (Lipinski definition) is 0. The number of hydrogen-bond acceptors (Lipinski definition) is 3. The molecule has 2 heterocycles. The first-order chi connectivity index (χ1) is 10.3. The van der Waals surface area contributed by atoms with E-state index in [4.69, 9.17) is 0 Å². The number of nitrogens with zero attached hydrogens (tertiary/aromatic N) is 4. The van der Waals surface area contributed by atoms with Crippen LogP contribution in [0.1, 0.15) is 17.4 Å². The molecule has 1 aromatic heterocycles. The average molecular weight is 284 g/mol. The molecule has 5 heteroatoms. The molecule has 110 valence electrons. The van der Waals surface area contributed by atoms with Crippen LogP contribution >= 0.6 is 0 Å². The largest absolute Gasteiger partial charge is 0.368 e. The van der Waals surface area contributed by atoms with Crippen molar-refractivity contribution in [2.45, 2.75) is 13.5 Å². The van der Waals surface area contributed by atoms with E-state index in [-0.39, 0.29) is 5.91 Å². The maximum Gasteiger partial charge on any atom is 0.272 e. The lowest BCUT2D eigenvalue weighted by atomic mass is 10.2. The van der Waals surface area contributed by atoms with Crippen molar-refractivity contribution in [1.82, 2.24) is 14.7 Å². The molecule has 0 atom stereocenters. The van der Waals surface area contributed by atoms with Gasteiger partial charge in [0, 0.05) is 44.6 Å². The summed E-state index contributed by atoms with van der Waals surface area (Å²) in [6, 6.07) is 12.1. The molecule has 3 rings (SSSR count). The number of piperazine rings is 1. The van der Waals surface area contributed by atoms with Gasteiger partial charge in [-0.3, -0.25) is 9.48 Å². The van der Waals surface area contributed by atoms with Crippen LogP contribution in [0, 0.1) is 0 Å². The Morgan fingerprint density at radius 1 is 1.10 bits per heavy atom. The third kappa shape index (κ3) is 2.77. The highest BCUT2D eigenvalue weighted by Gasteiger charge is 2.24. The molecule has 0 N–H and O–H groups in total. The number of rotatable bonds is 3. The van der Waals surface area contributed by atoms with Gasteiger partial charge in [-0.15, -0.1) is 0 Å². The Hall–Kier alpha value is -2.30. The summed E-state index contributed by atoms with van der Waals surface area (Å²) in [5.74, 6) is 0.0852. The van der Waals surface area contributed by atoms with Gasteiger partial charge in [-0.1, -0.05) is 18.2 Å². The van der Waals surface area contributed by atoms with E-state index in [2.05, 4.69) is 22.1 Å². The minimum Gasteiger partial charge on any atom is -0.368 e. The quantitative estimate of drug-likeness (QED) is 0.864. The first-order valence-corrected chi connectivity index (χ1v) is 7.40. The van der Waals surface area contributed by atoms with Gasteiger partial charge in [0.2, 0.25) is 0 Å². The highest BCUT2D eigenvalue weighted by atomic mass is 16.2. The Morgan fingerprint density at radius 2 is 1.81 bits per heavy atom. The molecule has 0 aliphatic carbocycles. The second-order valence-electron chi connectivity index (χ2n) is 5.15. The van der Waals surface area contributed by atoms with Crippen LogP contribution in [0.5, 0.6) is 0 Å². The van der Waals surface area contributed by atoms with Crippen LogP contribution in [0.15, 0.2) is 42.6 Å². The van der Waals surface area contributed by atoms with Crippen molar-refractivity contribution in [3.8, 4) is 0 Å². The molecule has 0 bridgehead atoms. The number of anilines is 1. The van der Waals surface area contributed by atoms with Crippen molar-refractivity contribution in [1.29, 1.82) is 0 Å². The molecule has 21 heavy (non-hydrogen) atoms. The molecule has 2 aromatic rings. The van der Waals surface area contributed by atoms with Gasteiger partial charge in [0.25, 0.3) is 5.91 Å². The van der Waals surface area contributed by atoms with Crippen molar-refractivity contribution < 1.29 is 4.79 Å². The molecular weight excluding hydrogens is 264 g/mol. The fourth-order valence-electron chi connectivity index (χ4n) is 2.73. The number of carbonyl (C=O) groups is 1. The molecule has 5 nitrogen and oxygen atoms in total. The molecule has 0 spiro atoms. The summed E-state index contributed by atoms with van der Waals surface area (Å²) in [4.78, 5) is 16.8. The topological polar surface area (TPSA) is 41.4 Å². The second kappa shape index (κ2) is 5.99. The number of para-hydroxylation sites is 1. The van der Waals surface area contributed by atoms with Crippen LogP contribution in [0.2, 0.25) is 0 Å². The zero-order valence-electron chi connectivity index (χ0n) is 12.3. The van der Waals surface area contributed by atoms with Gasteiger partial charge in [-0.25, -0.2) is 0 Å². The molecular formula is C16H20N4O. The molecule has 0 unspecified atom stereocenters. The van der Waals surface area contributed by atoms with Gasteiger partial charge in [-0.2, -0.15) is 5.10 Å². The molecule has 1 amide bonds. The standard InChI is InChI=1S/C16H20N4O/c1-2-20-15(8-9-17-20)16(21)19-12-10-18(11-13-19)14-6-4-3-5-7-14/h3-9H,2,10-13H2,1H3. The maximum atomic E-state index is 12.5. The third-order valence-electron chi connectivity index (χ3n) is 3.92. The highest BCUT2D eigenvalue weighted by molar-refractivity contribution is 5.92. The summed E-state index contributed by atoms with van der Waals surface area (Å²) in [5.41, 5.74) is 1.91. The van der Waals surface area contributed by atoms with E-state index in [0.717, 1.165) is 32.7 Å². The lowest BCUT2D eigenvalue weighted by Crippen LogP contribution is -2.49. The Labute approximate surface area is 124 Å². The minimum absolute atomic E-state index is 0.0852. The van der Waals surface area contributed by atoms with Crippen LogP contribution in [-0.4, -0.2) is 46.8 Å². The van der Waals surface area contributed by atoms with E-state index < -0.39 is 0 Å². The van der Waals surface area contributed by atoms with Gasteiger partial charge in [-0.05, 0) is 25.1 Å². The smallest absolute Gasteiger partial charge is 0.272 e. The number of carbonyl (C=O) groups excluding carboxylic acids is 1. The van der Waals surface area contributed by atoms with Crippen LogP contribution in [0.3, 0.4) is 0 Å².